The Hall–Kier alpha value is -3.77. The molecule has 2 atom stereocenters. The molecule has 1 saturated heterocycles. The summed E-state index contributed by atoms with van der Waals surface area (Å²) in [7, 11) is -4.29. The molecule has 5 rings (SSSR count). The van der Waals surface area contributed by atoms with E-state index in [1.54, 1.807) is 24.5 Å². The first kappa shape index (κ1) is 28.7. The zero-order chi connectivity index (χ0) is 29.3. The maximum atomic E-state index is 14.6. The number of carbonyl (C=O) groups is 2. The summed E-state index contributed by atoms with van der Waals surface area (Å²) in [4.78, 5) is 31.2. The molecule has 216 valence electrons. The molecule has 2 amide bonds. The van der Waals surface area contributed by atoms with Gasteiger partial charge in [-0.3, -0.25) is 14.6 Å². The van der Waals surface area contributed by atoms with Crippen LogP contribution < -0.4 is 10.6 Å². The molecule has 41 heavy (non-hydrogen) atoms. The number of hydrogen-bond acceptors (Lipinski definition) is 5. The third kappa shape index (κ3) is 6.43. The van der Waals surface area contributed by atoms with Crippen molar-refractivity contribution in [1.29, 1.82) is 0 Å². The molecule has 0 radical (unpaired) electrons. The maximum absolute atomic E-state index is 14.6. The molecule has 2 fully saturated rings. The first-order chi connectivity index (χ1) is 19.5. The molecular weight excluding hydrogens is 557 g/mol. The van der Waals surface area contributed by atoms with E-state index in [1.807, 2.05) is 6.07 Å². The van der Waals surface area contributed by atoms with Crippen LogP contribution >= 0.6 is 0 Å². The Morgan fingerprint density at radius 3 is 2.34 bits per heavy atom. The molecule has 2 heterocycles. The molecule has 2 aliphatic rings. The Morgan fingerprint density at radius 1 is 1.00 bits per heavy atom. The van der Waals surface area contributed by atoms with Crippen LogP contribution in [0.15, 0.2) is 84.0 Å². The number of pyridine rings is 1. The summed E-state index contributed by atoms with van der Waals surface area (Å²) < 4.78 is 70.2. The third-order valence-electron chi connectivity index (χ3n) is 7.50. The average Bonchev–Trinajstić information content (AvgIpc) is 3.74. The Balaban J connectivity index is 1.42. The smallest absolute Gasteiger partial charge is 0.251 e. The van der Waals surface area contributed by atoms with Crippen LogP contribution in [-0.2, 0) is 31.6 Å². The van der Waals surface area contributed by atoms with Gasteiger partial charge >= 0.3 is 0 Å². The van der Waals surface area contributed by atoms with Gasteiger partial charge in [0.15, 0.2) is 0 Å². The number of hydrogen-bond donors (Lipinski definition) is 2. The van der Waals surface area contributed by atoms with Gasteiger partial charge in [-0.2, -0.15) is 4.31 Å². The average molecular weight is 587 g/mol. The van der Waals surface area contributed by atoms with E-state index in [1.165, 1.54) is 48.5 Å². The number of nitrogens with one attached hydrogen (secondary N) is 2. The van der Waals surface area contributed by atoms with Gasteiger partial charge in [0.2, 0.25) is 21.8 Å². The van der Waals surface area contributed by atoms with E-state index >= 15 is 0 Å². The van der Waals surface area contributed by atoms with Crippen molar-refractivity contribution in [2.45, 2.75) is 60.5 Å². The minimum atomic E-state index is -4.29. The molecule has 0 unspecified atom stereocenters. The third-order valence-corrected chi connectivity index (χ3v) is 9.43. The Bertz CT molecular complexity index is 1500. The van der Waals surface area contributed by atoms with Gasteiger partial charge in [0.1, 0.15) is 17.9 Å². The van der Waals surface area contributed by atoms with E-state index in [2.05, 4.69) is 15.6 Å². The molecule has 0 bridgehead atoms. The number of nitrogens with zero attached hydrogens (tertiary/aromatic N) is 2. The van der Waals surface area contributed by atoms with Gasteiger partial charge in [-0.05, 0) is 54.3 Å². The molecule has 0 spiro atoms. The normalized spacial score (nSPS) is 20.5. The van der Waals surface area contributed by atoms with Crippen LogP contribution in [0.1, 0.15) is 36.8 Å². The summed E-state index contributed by atoms with van der Waals surface area (Å²) in [5.74, 6) is -5.36. The SMILES string of the molecule is O=C(NC1(c2cccnc2)CC1)[C@@H](Cc1ccc(F)cc1)NC(=O)[C@@H]1CC(F)(F)CCN1S(=O)(=O)c1ccccc1. The standard InChI is InChI=1S/C29H29F3N4O4S/c30-22-10-8-20(9-11-22)17-24(26(37)35-28(12-13-28)21-5-4-15-33-19-21)34-27(38)25-18-29(31,32)14-16-36(25)41(39,40)23-6-2-1-3-7-23/h1-11,15,19,24-25H,12-14,16-18H2,(H,34,38)(H,35,37)/t24-,25+/m1/s1. The van der Waals surface area contributed by atoms with Gasteiger partial charge in [-0.15, -0.1) is 0 Å². The minimum Gasteiger partial charge on any atom is -0.345 e. The molecule has 1 aliphatic carbocycles. The fourth-order valence-corrected chi connectivity index (χ4v) is 6.68. The lowest BCUT2D eigenvalue weighted by Crippen LogP contribution is -2.59. The van der Waals surface area contributed by atoms with Gasteiger partial charge in [-0.1, -0.05) is 36.4 Å². The van der Waals surface area contributed by atoms with Crippen molar-refractivity contribution in [3.05, 3.63) is 96.1 Å². The van der Waals surface area contributed by atoms with E-state index < -0.39 is 70.6 Å². The Morgan fingerprint density at radius 2 is 1.71 bits per heavy atom. The fourth-order valence-electron chi connectivity index (χ4n) is 5.07. The number of rotatable bonds is 9. The second-order valence-electron chi connectivity index (χ2n) is 10.5. The van der Waals surface area contributed by atoms with Crippen molar-refractivity contribution in [2.75, 3.05) is 6.54 Å². The quantitative estimate of drug-likeness (QED) is 0.399. The summed E-state index contributed by atoms with van der Waals surface area (Å²) >= 11 is 0. The second-order valence-corrected chi connectivity index (χ2v) is 12.4. The van der Waals surface area contributed by atoms with Gasteiger partial charge < -0.3 is 10.6 Å². The second kappa shape index (κ2) is 11.2. The van der Waals surface area contributed by atoms with Gasteiger partial charge in [0.05, 0.1) is 10.4 Å². The number of aromatic nitrogens is 1. The van der Waals surface area contributed by atoms with E-state index in [9.17, 15) is 31.2 Å². The van der Waals surface area contributed by atoms with E-state index in [-0.39, 0.29) is 11.3 Å². The molecule has 1 aromatic heterocycles. The highest BCUT2D eigenvalue weighted by atomic mass is 32.2. The molecule has 2 N–H and O–H groups in total. The molecule has 8 nitrogen and oxygen atoms in total. The lowest BCUT2D eigenvalue weighted by Gasteiger charge is -2.38. The predicted octanol–water partition coefficient (Wildman–Crippen LogP) is 3.54. The number of piperidine rings is 1. The van der Waals surface area contributed by atoms with Gasteiger partial charge in [0, 0.05) is 38.2 Å². The molecule has 1 aliphatic heterocycles. The van der Waals surface area contributed by atoms with Crippen molar-refractivity contribution in [3.8, 4) is 0 Å². The van der Waals surface area contributed by atoms with Crippen molar-refractivity contribution in [1.82, 2.24) is 19.9 Å². The molecule has 12 heteroatoms. The largest absolute Gasteiger partial charge is 0.345 e. The maximum Gasteiger partial charge on any atom is 0.251 e. The van der Waals surface area contributed by atoms with E-state index in [4.69, 9.17) is 0 Å². The summed E-state index contributed by atoms with van der Waals surface area (Å²) in [5.41, 5.74) is 0.616. The highest BCUT2D eigenvalue weighted by molar-refractivity contribution is 7.89. The summed E-state index contributed by atoms with van der Waals surface area (Å²) in [5, 5.41) is 5.50. The van der Waals surface area contributed by atoms with Crippen LogP contribution in [0.5, 0.6) is 0 Å². The van der Waals surface area contributed by atoms with Crippen LogP contribution in [0.25, 0.3) is 0 Å². The summed E-state index contributed by atoms with van der Waals surface area (Å²) in [6.45, 7) is -0.568. The van der Waals surface area contributed by atoms with Crippen molar-refractivity contribution >= 4 is 21.8 Å². The van der Waals surface area contributed by atoms with Crippen LogP contribution in [-0.4, -0.2) is 54.1 Å². The highest BCUT2D eigenvalue weighted by Gasteiger charge is 2.50. The van der Waals surface area contributed by atoms with Crippen LogP contribution in [0.3, 0.4) is 0 Å². The monoisotopic (exact) mass is 586 g/mol. The first-order valence-corrected chi connectivity index (χ1v) is 14.7. The number of halogens is 3. The molecule has 3 aromatic rings. The number of benzene rings is 2. The van der Waals surface area contributed by atoms with E-state index in [0.29, 0.717) is 18.4 Å². The van der Waals surface area contributed by atoms with Crippen LogP contribution in [0.2, 0.25) is 0 Å². The summed E-state index contributed by atoms with van der Waals surface area (Å²) in [6.07, 6.45) is 2.67. The zero-order valence-corrected chi connectivity index (χ0v) is 22.8. The topological polar surface area (TPSA) is 108 Å². The van der Waals surface area contributed by atoms with Crippen LogP contribution in [0.4, 0.5) is 13.2 Å². The lowest BCUT2D eigenvalue weighted by molar-refractivity contribution is -0.136. The zero-order valence-electron chi connectivity index (χ0n) is 22.0. The molecule has 2 aromatic carbocycles. The Kier molecular flexibility index (Phi) is 7.89. The van der Waals surface area contributed by atoms with Gasteiger partial charge in [-0.25, -0.2) is 21.6 Å². The first-order valence-electron chi connectivity index (χ1n) is 13.2. The predicted molar refractivity (Wildman–Crippen MR) is 144 cm³/mol. The minimum absolute atomic E-state index is 0.0739. The number of alkyl halides is 2. The lowest BCUT2D eigenvalue weighted by atomic mass is 9.98. The molecular formula is C29H29F3N4O4S. The van der Waals surface area contributed by atoms with Crippen molar-refractivity contribution < 1.29 is 31.2 Å². The van der Waals surface area contributed by atoms with Crippen LogP contribution in [0, 0.1) is 5.82 Å². The highest BCUT2D eigenvalue weighted by Crippen LogP contribution is 2.45. The van der Waals surface area contributed by atoms with Crippen molar-refractivity contribution in [3.63, 3.8) is 0 Å². The Labute approximate surface area is 236 Å². The number of amides is 2. The number of carbonyl (C=O) groups excluding carboxylic acids is 2. The summed E-state index contributed by atoms with van der Waals surface area (Å²) in [6, 6.07) is 13.2. The van der Waals surface area contributed by atoms with Crippen molar-refractivity contribution in [2.24, 2.45) is 0 Å². The molecule has 1 saturated carbocycles. The van der Waals surface area contributed by atoms with Gasteiger partial charge in [0.25, 0.3) is 5.92 Å². The fraction of sp³-hybridized carbons (Fsp3) is 0.345. The van der Waals surface area contributed by atoms with E-state index in [0.717, 1.165) is 9.87 Å². The number of sulfonamides is 1.